The molecule has 0 radical (unpaired) electrons. The van der Waals surface area contributed by atoms with Crippen LogP contribution in [-0.2, 0) is 4.79 Å². The molecule has 1 N–H and O–H groups in total. The van der Waals surface area contributed by atoms with Gasteiger partial charge in [-0.2, -0.15) is 0 Å². The van der Waals surface area contributed by atoms with Crippen molar-refractivity contribution in [2.24, 2.45) is 0 Å². The van der Waals surface area contributed by atoms with Gasteiger partial charge >= 0.3 is 0 Å². The smallest absolute Gasteiger partial charge is 0.246 e. The molecule has 1 fully saturated rings. The van der Waals surface area contributed by atoms with Gasteiger partial charge in [0.2, 0.25) is 5.91 Å². The molecule has 1 amide bonds. The first-order valence-corrected chi connectivity index (χ1v) is 2.73. The van der Waals surface area contributed by atoms with Crippen LogP contribution in [0.1, 0.15) is 19.8 Å². The predicted molar refractivity (Wildman–Crippen MR) is 27.3 cm³/mol. The van der Waals surface area contributed by atoms with Gasteiger partial charge in [0.05, 0.1) is 6.04 Å². The van der Waals surface area contributed by atoms with Crippen molar-refractivity contribution in [3.63, 3.8) is 0 Å². The maximum Gasteiger partial charge on any atom is 0.246 e. The highest BCUT2D eigenvalue weighted by Crippen LogP contribution is 2.14. The quantitative estimate of drug-likeness (QED) is 0.464. The SMILES string of the molecule is CC1CCC(=O)N1O. The lowest BCUT2D eigenvalue weighted by Gasteiger charge is -2.10. The molecule has 0 saturated carbocycles. The molecular formula is C5H9NO2. The van der Waals surface area contributed by atoms with Gasteiger partial charge < -0.3 is 0 Å². The highest BCUT2D eigenvalue weighted by Gasteiger charge is 2.25. The monoisotopic (exact) mass is 115 g/mol. The number of rotatable bonds is 0. The number of hydrogen-bond donors (Lipinski definition) is 1. The predicted octanol–water partition coefficient (Wildman–Crippen LogP) is 0.387. The lowest BCUT2D eigenvalue weighted by Crippen LogP contribution is -2.26. The van der Waals surface area contributed by atoms with Gasteiger partial charge in [0.25, 0.3) is 0 Å². The van der Waals surface area contributed by atoms with E-state index >= 15 is 0 Å². The Hall–Kier alpha value is -0.570. The summed E-state index contributed by atoms with van der Waals surface area (Å²) in [6.07, 6.45) is 1.28. The number of nitrogens with zero attached hydrogens (tertiary/aromatic N) is 1. The molecule has 8 heavy (non-hydrogen) atoms. The Labute approximate surface area is 47.9 Å². The first kappa shape index (κ1) is 5.56. The number of hydrogen-bond acceptors (Lipinski definition) is 2. The first-order chi connectivity index (χ1) is 3.72. The third kappa shape index (κ3) is 0.690. The van der Waals surface area contributed by atoms with Gasteiger partial charge in [0.1, 0.15) is 0 Å². The summed E-state index contributed by atoms with van der Waals surface area (Å²) in [4.78, 5) is 10.5. The van der Waals surface area contributed by atoms with Crippen LogP contribution in [0.5, 0.6) is 0 Å². The van der Waals surface area contributed by atoms with Crippen LogP contribution < -0.4 is 0 Å². The topological polar surface area (TPSA) is 40.5 Å². The lowest BCUT2D eigenvalue weighted by molar-refractivity contribution is -0.163. The zero-order valence-electron chi connectivity index (χ0n) is 4.79. The summed E-state index contributed by atoms with van der Waals surface area (Å²) in [5, 5.41) is 9.56. The van der Waals surface area contributed by atoms with Crippen molar-refractivity contribution in [2.75, 3.05) is 0 Å². The molecule has 0 aromatic rings. The second kappa shape index (κ2) is 1.74. The number of hydroxylamine groups is 2. The highest BCUT2D eigenvalue weighted by molar-refractivity contribution is 5.77. The average Bonchev–Trinajstić information content (AvgIpc) is 1.98. The third-order valence-corrected chi connectivity index (χ3v) is 1.45. The molecule has 1 rings (SSSR count). The van der Waals surface area contributed by atoms with E-state index in [0.29, 0.717) is 6.42 Å². The van der Waals surface area contributed by atoms with E-state index in [0.717, 1.165) is 11.5 Å². The molecule has 1 unspecified atom stereocenters. The molecule has 3 heteroatoms. The Kier molecular flexibility index (Phi) is 1.21. The Morgan fingerprint density at radius 3 is 2.62 bits per heavy atom. The van der Waals surface area contributed by atoms with Crippen molar-refractivity contribution < 1.29 is 10.0 Å². The Morgan fingerprint density at radius 1 is 1.88 bits per heavy atom. The van der Waals surface area contributed by atoms with E-state index in [1.54, 1.807) is 0 Å². The van der Waals surface area contributed by atoms with E-state index in [9.17, 15) is 4.79 Å². The van der Waals surface area contributed by atoms with Gasteiger partial charge in [-0.25, -0.2) is 5.06 Å². The minimum Gasteiger partial charge on any atom is -0.286 e. The van der Waals surface area contributed by atoms with Crippen LogP contribution in [0.2, 0.25) is 0 Å². The molecular weight excluding hydrogens is 106 g/mol. The normalized spacial score (nSPS) is 29.5. The molecule has 0 aromatic carbocycles. The molecule has 1 aliphatic rings. The molecule has 46 valence electrons. The van der Waals surface area contributed by atoms with Crippen LogP contribution in [0.15, 0.2) is 0 Å². The lowest BCUT2D eigenvalue weighted by atomic mass is 10.3. The fraction of sp³-hybridized carbons (Fsp3) is 0.800. The largest absolute Gasteiger partial charge is 0.286 e. The standard InChI is InChI=1S/C5H9NO2/c1-4-2-3-5(7)6(4)8/h4,8H,2-3H2,1H3. The van der Waals surface area contributed by atoms with Crippen LogP contribution in [0.25, 0.3) is 0 Å². The van der Waals surface area contributed by atoms with E-state index in [4.69, 9.17) is 5.21 Å². The van der Waals surface area contributed by atoms with Crippen LogP contribution in [0.3, 0.4) is 0 Å². The number of carbonyl (C=O) groups is 1. The summed E-state index contributed by atoms with van der Waals surface area (Å²) in [7, 11) is 0. The molecule has 0 aromatic heterocycles. The van der Waals surface area contributed by atoms with Gasteiger partial charge in [-0.3, -0.25) is 10.0 Å². The van der Waals surface area contributed by atoms with Crippen LogP contribution in [-0.4, -0.2) is 22.2 Å². The molecule has 3 nitrogen and oxygen atoms in total. The number of carbonyl (C=O) groups excluding carboxylic acids is 1. The fourth-order valence-corrected chi connectivity index (χ4v) is 0.815. The van der Waals surface area contributed by atoms with Gasteiger partial charge in [0, 0.05) is 6.42 Å². The van der Waals surface area contributed by atoms with Gasteiger partial charge in [-0.05, 0) is 13.3 Å². The molecule has 1 atom stereocenters. The Morgan fingerprint density at radius 2 is 2.50 bits per heavy atom. The van der Waals surface area contributed by atoms with Gasteiger partial charge in [-0.1, -0.05) is 0 Å². The van der Waals surface area contributed by atoms with E-state index < -0.39 is 0 Å². The fourth-order valence-electron chi connectivity index (χ4n) is 0.815. The second-order valence-corrected chi connectivity index (χ2v) is 2.13. The summed E-state index contributed by atoms with van der Waals surface area (Å²) >= 11 is 0. The molecule has 1 heterocycles. The van der Waals surface area contributed by atoms with Gasteiger partial charge in [0.15, 0.2) is 0 Å². The van der Waals surface area contributed by atoms with E-state index in [1.165, 1.54) is 0 Å². The second-order valence-electron chi connectivity index (χ2n) is 2.13. The van der Waals surface area contributed by atoms with E-state index in [1.807, 2.05) is 6.92 Å². The van der Waals surface area contributed by atoms with Crippen LogP contribution >= 0.6 is 0 Å². The van der Waals surface area contributed by atoms with E-state index in [-0.39, 0.29) is 11.9 Å². The Balaban J connectivity index is 2.56. The van der Waals surface area contributed by atoms with Crippen molar-refractivity contribution in [3.05, 3.63) is 0 Å². The van der Waals surface area contributed by atoms with Crippen molar-refractivity contribution >= 4 is 5.91 Å². The minimum absolute atomic E-state index is 0.0301. The average molecular weight is 115 g/mol. The van der Waals surface area contributed by atoms with Crippen molar-refractivity contribution in [1.82, 2.24) is 5.06 Å². The zero-order valence-corrected chi connectivity index (χ0v) is 4.79. The maximum absolute atomic E-state index is 10.5. The summed E-state index contributed by atoms with van der Waals surface area (Å²) in [6.45, 7) is 1.82. The van der Waals surface area contributed by atoms with Crippen molar-refractivity contribution in [3.8, 4) is 0 Å². The Bertz CT molecular complexity index is 113. The maximum atomic E-state index is 10.5. The summed E-state index contributed by atoms with van der Waals surface area (Å²) < 4.78 is 0. The molecule has 1 saturated heterocycles. The molecule has 0 spiro atoms. The molecule has 0 aliphatic carbocycles. The van der Waals surface area contributed by atoms with Gasteiger partial charge in [-0.15, -0.1) is 0 Å². The van der Waals surface area contributed by atoms with Crippen molar-refractivity contribution in [2.45, 2.75) is 25.8 Å². The first-order valence-electron chi connectivity index (χ1n) is 2.73. The summed E-state index contributed by atoms with van der Waals surface area (Å²) in [5.41, 5.74) is 0. The third-order valence-electron chi connectivity index (χ3n) is 1.45. The minimum atomic E-state index is -0.155. The number of amides is 1. The van der Waals surface area contributed by atoms with Crippen LogP contribution in [0.4, 0.5) is 0 Å². The molecule has 0 bridgehead atoms. The van der Waals surface area contributed by atoms with E-state index in [2.05, 4.69) is 0 Å². The van der Waals surface area contributed by atoms with Crippen LogP contribution in [0, 0.1) is 0 Å². The molecule has 1 aliphatic heterocycles. The highest BCUT2D eigenvalue weighted by atomic mass is 16.5. The summed E-state index contributed by atoms with van der Waals surface area (Å²) in [6, 6.07) is 0.0301. The summed E-state index contributed by atoms with van der Waals surface area (Å²) in [5.74, 6) is -0.155. The zero-order chi connectivity index (χ0) is 6.15. The van der Waals surface area contributed by atoms with Crippen molar-refractivity contribution in [1.29, 1.82) is 0 Å².